The molecule has 0 aliphatic rings. The third kappa shape index (κ3) is 4.57. The lowest BCUT2D eigenvalue weighted by Crippen LogP contribution is -2.22. The number of thiazole rings is 1. The molecule has 0 unspecified atom stereocenters. The molecule has 0 aliphatic carbocycles. The van der Waals surface area contributed by atoms with Crippen LogP contribution in [0.15, 0.2) is 84.4 Å². The van der Waals surface area contributed by atoms with Crippen LogP contribution in [0.25, 0.3) is 27.2 Å². The van der Waals surface area contributed by atoms with Crippen molar-refractivity contribution in [2.24, 2.45) is 0 Å². The van der Waals surface area contributed by atoms with Crippen LogP contribution in [0.5, 0.6) is 0 Å². The first-order chi connectivity index (χ1) is 16.6. The Morgan fingerprint density at radius 3 is 2.59 bits per heavy atom. The molecule has 0 bridgehead atoms. The number of fused-ring (bicyclic) bond motifs is 1. The molecular formula is C26H20N4O3S. The second-order valence-corrected chi connectivity index (χ2v) is 8.57. The number of nitrogens with zero attached hydrogens (tertiary/aromatic N) is 3. The molecule has 34 heavy (non-hydrogen) atoms. The number of amides is 1. The van der Waals surface area contributed by atoms with Crippen LogP contribution in [0.4, 0.5) is 5.82 Å². The summed E-state index contributed by atoms with van der Waals surface area (Å²) >= 11 is 1.44. The van der Waals surface area contributed by atoms with Crippen LogP contribution in [0, 0.1) is 6.92 Å². The number of ether oxygens (including phenoxy) is 1. The maximum Gasteiger partial charge on any atom is 0.338 e. The highest BCUT2D eigenvalue weighted by molar-refractivity contribution is 7.16. The van der Waals surface area contributed by atoms with E-state index >= 15 is 0 Å². The number of carbonyl (C=O) groups is 2. The van der Waals surface area contributed by atoms with Gasteiger partial charge in [-0.15, -0.1) is 11.3 Å². The van der Waals surface area contributed by atoms with E-state index < -0.39 is 18.5 Å². The van der Waals surface area contributed by atoms with Gasteiger partial charge >= 0.3 is 5.97 Å². The minimum atomic E-state index is -0.567. The van der Waals surface area contributed by atoms with Crippen molar-refractivity contribution in [1.82, 2.24) is 14.8 Å². The number of carbonyl (C=O) groups excluding carboxylic acids is 2. The molecule has 0 saturated carbocycles. The molecule has 0 saturated heterocycles. The first kappa shape index (κ1) is 21.5. The molecule has 2 aromatic heterocycles. The van der Waals surface area contributed by atoms with Crippen LogP contribution >= 0.6 is 11.3 Å². The Bertz CT molecular complexity index is 1470. The van der Waals surface area contributed by atoms with Crippen molar-refractivity contribution in [3.8, 4) is 16.9 Å². The van der Waals surface area contributed by atoms with Crippen LogP contribution in [-0.4, -0.2) is 33.2 Å². The minimum Gasteiger partial charge on any atom is -0.452 e. The van der Waals surface area contributed by atoms with Crippen LogP contribution in [0.1, 0.15) is 15.9 Å². The van der Waals surface area contributed by atoms with Gasteiger partial charge in [0.1, 0.15) is 5.82 Å². The number of para-hydroxylation sites is 1. The monoisotopic (exact) mass is 468 g/mol. The Hall–Kier alpha value is -4.30. The van der Waals surface area contributed by atoms with Gasteiger partial charge in [0, 0.05) is 11.6 Å². The van der Waals surface area contributed by atoms with Gasteiger partial charge < -0.3 is 10.1 Å². The number of esters is 1. The normalized spacial score (nSPS) is 10.9. The Morgan fingerprint density at radius 2 is 1.79 bits per heavy atom. The van der Waals surface area contributed by atoms with E-state index in [0.717, 1.165) is 27.0 Å². The van der Waals surface area contributed by atoms with Gasteiger partial charge in [-0.1, -0.05) is 48.0 Å². The van der Waals surface area contributed by atoms with E-state index in [-0.39, 0.29) is 0 Å². The second kappa shape index (κ2) is 9.29. The summed E-state index contributed by atoms with van der Waals surface area (Å²) in [5.74, 6) is -0.545. The maximum atomic E-state index is 12.7. The molecule has 0 aliphatic heterocycles. The average molecular weight is 469 g/mol. The lowest BCUT2D eigenvalue weighted by atomic mass is 10.1. The molecule has 0 atom stereocenters. The highest BCUT2D eigenvalue weighted by atomic mass is 32.1. The fraction of sp³-hybridized carbons (Fsp3) is 0.0769. The SMILES string of the molecule is Cc1ccc(-c2cc(NC(=O)COC(=O)c3ccc4ncsc4c3)n(-c3ccccc3)n2)cc1. The van der Waals surface area contributed by atoms with E-state index in [2.05, 4.69) is 15.4 Å². The predicted molar refractivity (Wildman–Crippen MR) is 132 cm³/mol. The quantitative estimate of drug-likeness (QED) is 0.344. The molecule has 5 rings (SSSR count). The summed E-state index contributed by atoms with van der Waals surface area (Å²) in [4.78, 5) is 29.3. The van der Waals surface area contributed by atoms with Gasteiger partial charge in [0.15, 0.2) is 6.61 Å². The van der Waals surface area contributed by atoms with Crippen molar-refractivity contribution >= 4 is 39.2 Å². The van der Waals surface area contributed by atoms with E-state index in [1.807, 2.05) is 61.5 Å². The Labute approximate surface area is 199 Å². The van der Waals surface area contributed by atoms with Crippen LogP contribution < -0.4 is 5.32 Å². The van der Waals surface area contributed by atoms with Crippen LogP contribution in [0.2, 0.25) is 0 Å². The van der Waals surface area contributed by atoms with Crippen molar-refractivity contribution in [2.75, 3.05) is 11.9 Å². The fourth-order valence-electron chi connectivity index (χ4n) is 3.48. The molecular weight excluding hydrogens is 448 g/mol. The maximum absolute atomic E-state index is 12.7. The average Bonchev–Trinajstić information content (AvgIpc) is 3.50. The van der Waals surface area contributed by atoms with E-state index in [4.69, 9.17) is 4.74 Å². The first-order valence-corrected chi connectivity index (χ1v) is 11.5. The summed E-state index contributed by atoms with van der Waals surface area (Å²) in [6, 6.07) is 24.4. The molecule has 0 radical (unpaired) electrons. The zero-order valence-electron chi connectivity index (χ0n) is 18.3. The second-order valence-electron chi connectivity index (χ2n) is 7.69. The molecule has 5 aromatic rings. The largest absolute Gasteiger partial charge is 0.452 e. The molecule has 3 aromatic carbocycles. The number of aryl methyl sites for hydroxylation is 1. The van der Waals surface area contributed by atoms with Crippen molar-refractivity contribution in [1.29, 1.82) is 0 Å². The molecule has 1 amide bonds. The fourth-order valence-corrected chi connectivity index (χ4v) is 4.19. The first-order valence-electron chi connectivity index (χ1n) is 10.6. The third-order valence-electron chi connectivity index (χ3n) is 5.23. The molecule has 168 valence electrons. The topological polar surface area (TPSA) is 86.1 Å². The van der Waals surface area contributed by atoms with Crippen molar-refractivity contribution in [2.45, 2.75) is 6.92 Å². The summed E-state index contributed by atoms with van der Waals surface area (Å²) in [7, 11) is 0. The van der Waals surface area contributed by atoms with Crippen LogP contribution in [0.3, 0.4) is 0 Å². The number of anilines is 1. The van der Waals surface area contributed by atoms with Crippen molar-refractivity contribution < 1.29 is 14.3 Å². The van der Waals surface area contributed by atoms with Gasteiger partial charge in [0.2, 0.25) is 0 Å². The molecule has 7 nitrogen and oxygen atoms in total. The lowest BCUT2D eigenvalue weighted by Gasteiger charge is -2.09. The van der Waals surface area contributed by atoms with Gasteiger partial charge in [-0.05, 0) is 37.3 Å². The molecule has 0 fully saturated rings. The van der Waals surface area contributed by atoms with E-state index in [9.17, 15) is 9.59 Å². The van der Waals surface area contributed by atoms with Gasteiger partial charge in [0.05, 0.1) is 32.7 Å². The van der Waals surface area contributed by atoms with E-state index in [1.54, 1.807) is 34.5 Å². The van der Waals surface area contributed by atoms with E-state index in [0.29, 0.717) is 17.1 Å². The van der Waals surface area contributed by atoms with Gasteiger partial charge in [0.25, 0.3) is 5.91 Å². The number of rotatable bonds is 6. The number of aromatic nitrogens is 3. The Kier molecular flexibility index (Phi) is 5.88. The summed E-state index contributed by atoms with van der Waals surface area (Å²) in [5, 5.41) is 7.51. The highest BCUT2D eigenvalue weighted by Crippen LogP contribution is 2.25. The molecule has 8 heteroatoms. The summed E-state index contributed by atoms with van der Waals surface area (Å²) in [6.45, 7) is 1.61. The molecule has 2 heterocycles. The van der Waals surface area contributed by atoms with Gasteiger partial charge in [-0.25, -0.2) is 14.5 Å². The Balaban J connectivity index is 1.33. The summed E-state index contributed by atoms with van der Waals surface area (Å²) < 4.78 is 7.78. The third-order valence-corrected chi connectivity index (χ3v) is 6.02. The minimum absolute atomic E-state index is 0.375. The van der Waals surface area contributed by atoms with Gasteiger partial charge in [-0.3, -0.25) is 4.79 Å². The zero-order chi connectivity index (χ0) is 23.5. The zero-order valence-corrected chi connectivity index (χ0v) is 19.1. The van der Waals surface area contributed by atoms with Crippen molar-refractivity contribution in [3.63, 3.8) is 0 Å². The standard InChI is InChI=1S/C26H20N4O3S/c1-17-7-9-18(10-8-17)22-14-24(30(29-22)20-5-3-2-4-6-20)28-25(31)15-33-26(32)19-11-12-21-23(13-19)34-16-27-21/h2-14,16H,15H2,1H3,(H,28,31). The summed E-state index contributed by atoms with van der Waals surface area (Å²) in [5.41, 5.74) is 6.50. The number of benzene rings is 3. The highest BCUT2D eigenvalue weighted by Gasteiger charge is 2.16. The lowest BCUT2D eigenvalue weighted by molar-refractivity contribution is -0.119. The summed E-state index contributed by atoms with van der Waals surface area (Å²) in [6.07, 6.45) is 0. The van der Waals surface area contributed by atoms with E-state index in [1.165, 1.54) is 11.3 Å². The van der Waals surface area contributed by atoms with Gasteiger partial charge in [-0.2, -0.15) is 5.10 Å². The molecule has 1 N–H and O–H groups in total. The van der Waals surface area contributed by atoms with Crippen LogP contribution in [-0.2, 0) is 9.53 Å². The smallest absolute Gasteiger partial charge is 0.338 e. The Morgan fingerprint density at radius 1 is 1.00 bits per heavy atom. The van der Waals surface area contributed by atoms with Crippen molar-refractivity contribution in [3.05, 3.63) is 95.5 Å². The number of nitrogens with one attached hydrogen (secondary N) is 1. The number of hydrogen-bond acceptors (Lipinski definition) is 6. The molecule has 0 spiro atoms. The number of hydrogen-bond donors (Lipinski definition) is 1. The predicted octanol–water partition coefficient (Wildman–Crippen LogP) is 5.25.